The Balaban J connectivity index is 1.57. The number of likely N-dealkylation sites (tertiary alicyclic amines) is 1. The van der Waals surface area contributed by atoms with Gasteiger partial charge in [0.15, 0.2) is 5.96 Å². The quantitative estimate of drug-likeness (QED) is 0.505. The van der Waals surface area contributed by atoms with Crippen molar-refractivity contribution in [3.05, 3.63) is 35.4 Å². The normalized spacial score (nSPS) is 22.6. The molecular weight excluding hydrogens is 374 g/mol. The number of piperidine rings is 1. The van der Waals surface area contributed by atoms with E-state index in [1.807, 2.05) is 0 Å². The largest absolute Gasteiger partial charge is 0.379 e. The van der Waals surface area contributed by atoms with Crippen LogP contribution in [0.15, 0.2) is 29.3 Å². The number of nitrogens with zero attached hydrogens (tertiary/aromatic N) is 3. The predicted octanol–water partition coefficient (Wildman–Crippen LogP) is 2.69. The Morgan fingerprint density at radius 1 is 1.17 bits per heavy atom. The maximum atomic E-state index is 5.47. The highest BCUT2D eigenvalue weighted by atomic mass is 16.5. The molecule has 2 fully saturated rings. The first kappa shape index (κ1) is 23.0. The van der Waals surface area contributed by atoms with Gasteiger partial charge < -0.3 is 15.4 Å². The van der Waals surface area contributed by atoms with E-state index in [1.54, 1.807) is 0 Å². The molecule has 2 unspecified atom stereocenters. The average molecular weight is 416 g/mol. The second kappa shape index (κ2) is 12.3. The van der Waals surface area contributed by atoms with E-state index in [2.05, 4.69) is 65.5 Å². The Morgan fingerprint density at radius 2 is 1.93 bits per heavy atom. The van der Waals surface area contributed by atoms with Crippen LogP contribution < -0.4 is 10.6 Å². The highest BCUT2D eigenvalue weighted by Crippen LogP contribution is 2.20. The SMILES string of the molecule is CCNC(=NCc1ccccc1CN1CCCC(C)C1)NCC(C)N1CCOCC1. The molecule has 3 rings (SSSR count). The lowest BCUT2D eigenvalue weighted by Crippen LogP contribution is -2.49. The zero-order chi connectivity index (χ0) is 21.2. The van der Waals surface area contributed by atoms with Gasteiger partial charge in [-0.05, 0) is 50.3 Å². The fraction of sp³-hybridized carbons (Fsp3) is 0.708. The van der Waals surface area contributed by atoms with E-state index >= 15 is 0 Å². The van der Waals surface area contributed by atoms with Gasteiger partial charge in [-0.2, -0.15) is 0 Å². The summed E-state index contributed by atoms with van der Waals surface area (Å²) >= 11 is 0. The molecule has 0 aliphatic carbocycles. The number of benzene rings is 1. The summed E-state index contributed by atoms with van der Waals surface area (Å²) in [7, 11) is 0. The second-order valence-corrected chi connectivity index (χ2v) is 8.82. The highest BCUT2D eigenvalue weighted by Gasteiger charge is 2.18. The third kappa shape index (κ3) is 7.25. The molecule has 0 spiro atoms. The van der Waals surface area contributed by atoms with E-state index in [-0.39, 0.29) is 0 Å². The third-order valence-electron chi connectivity index (χ3n) is 6.24. The second-order valence-electron chi connectivity index (χ2n) is 8.82. The maximum Gasteiger partial charge on any atom is 0.191 e. The van der Waals surface area contributed by atoms with Crippen molar-refractivity contribution < 1.29 is 4.74 Å². The molecule has 6 nitrogen and oxygen atoms in total. The molecule has 2 aliphatic rings. The van der Waals surface area contributed by atoms with Crippen LogP contribution in [0, 0.1) is 5.92 Å². The fourth-order valence-corrected chi connectivity index (χ4v) is 4.43. The summed E-state index contributed by atoms with van der Waals surface area (Å²) in [4.78, 5) is 9.98. The Kier molecular flexibility index (Phi) is 9.43. The van der Waals surface area contributed by atoms with Gasteiger partial charge in [-0.3, -0.25) is 9.80 Å². The van der Waals surface area contributed by atoms with Gasteiger partial charge in [0.1, 0.15) is 0 Å². The lowest BCUT2D eigenvalue weighted by atomic mass is 9.99. The van der Waals surface area contributed by atoms with Gasteiger partial charge in [-0.1, -0.05) is 31.2 Å². The minimum atomic E-state index is 0.464. The van der Waals surface area contributed by atoms with Crippen molar-refractivity contribution >= 4 is 5.96 Å². The van der Waals surface area contributed by atoms with Crippen LogP contribution in [0.25, 0.3) is 0 Å². The molecule has 2 heterocycles. The Labute approximate surface area is 183 Å². The van der Waals surface area contributed by atoms with Crippen LogP contribution in [0.4, 0.5) is 0 Å². The number of nitrogens with one attached hydrogen (secondary N) is 2. The van der Waals surface area contributed by atoms with E-state index in [0.29, 0.717) is 12.6 Å². The summed E-state index contributed by atoms with van der Waals surface area (Å²) in [5, 5.41) is 6.94. The number of ether oxygens (including phenoxy) is 1. The van der Waals surface area contributed by atoms with Gasteiger partial charge in [-0.25, -0.2) is 4.99 Å². The summed E-state index contributed by atoms with van der Waals surface area (Å²) in [6.07, 6.45) is 2.68. The van der Waals surface area contributed by atoms with Crippen molar-refractivity contribution in [2.45, 2.75) is 52.7 Å². The molecule has 30 heavy (non-hydrogen) atoms. The van der Waals surface area contributed by atoms with Crippen LogP contribution in [-0.2, 0) is 17.8 Å². The Hall–Kier alpha value is -1.63. The molecule has 2 saturated heterocycles. The van der Waals surface area contributed by atoms with E-state index in [0.717, 1.165) is 57.8 Å². The standard InChI is InChI=1S/C24H41N5O/c1-4-25-24(26-16-21(3)29-12-14-30-15-13-29)27-17-22-9-5-6-10-23(22)19-28-11-7-8-20(2)18-28/h5-6,9-10,20-21H,4,7-8,11-19H2,1-3H3,(H2,25,26,27). The number of guanidine groups is 1. The minimum Gasteiger partial charge on any atom is -0.379 e. The number of rotatable bonds is 8. The molecule has 0 amide bonds. The van der Waals surface area contributed by atoms with Crippen molar-refractivity contribution in [2.75, 3.05) is 52.5 Å². The van der Waals surface area contributed by atoms with Crippen molar-refractivity contribution in [3.8, 4) is 0 Å². The van der Waals surface area contributed by atoms with Gasteiger partial charge >= 0.3 is 0 Å². The smallest absolute Gasteiger partial charge is 0.191 e. The van der Waals surface area contributed by atoms with E-state index < -0.39 is 0 Å². The van der Waals surface area contributed by atoms with Gasteiger partial charge in [-0.15, -0.1) is 0 Å². The zero-order valence-electron chi connectivity index (χ0n) is 19.2. The molecule has 2 atom stereocenters. The first-order valence-corrected chi connectivity index (χ1v) is 11.8. The highest BCUT2D eigenvalue weighted by molar-refractivity contribution is 5.79. The van der Waals surface area contributed by atoms with E-state index in [4.69, 9.17) is 9.73 Å². The van der Waals surface area contributed by atoms with Crippen molar-refractivity contribution in [1.29, 1.82) is 0 Å². The molecule has 0 radical (unpaired) electrons. The fourth-order valence-electron chi connectivity index (χ4n) is 4.43. The van der Waals surface area contributed by atoms with Crippen molar-refractivity contribution in [3.63, 3.8) is 0 Å². The van der Waals surface area contributed by atoms with Crippen molar-refractivity contribution in [1.82, 2.24) is 20.4 Å². The summed E-state index contributed by atoms with van der Waals surface area (Å²) in [5.74, 6) is 1.71. The summed E-state index contributed by atoms with van der Waals surface area (Å²) in [6, 6.07) is 9.25. The topological polar surface area (TPSA) is 52.1 Å². The third-order valence-corrected chi connectivity index (χ3v) is 6.24. The number of morpholine rings is 1. The molecule has 0 saturated carbocycles. The van der Waals surface area contributed by atoms with Gasteiger partial charge in [0, 0.05) is 45.3 Å². The molecule has 168 valence electrons. The Morgan fingerprint density at radius 3 is 2.67 bits per heavy atom. The molecule has 1 aromatic carbocycles. The van der Waals surface area contributed by atoms with Gasteiger partial charge in [0.2, 0.25) is 0 Å². The lowest BCUT2D eigenvalue weighted by molar-refractivity contribution is 0.0211. The van der Waals surface area contributed by atoms with Crippen LogP contribution in [0.2, 0.25) is 0 Å². The Bertz CT molecular complexity index is 659. The number of aliphatic imine (C=N–C) groups is 1. The first-order valence-electron chi connectivity index (χ1n) is 11.8. The lowest BCUT2D eigenvalue weighted by Gasteiger charge is -2.32. The van der Waals surface area contributed by atoms with Crippen LogP contribution in [0.3, 0.4) is 0 Å². The maximum absolute atomic E-state index is 5.47. The molecule has 0 bridgehead atoms. The molecule has 1 aromatic rings. The minimum absolute atomic E-state index is 0.464. The van der Waals surface area contributed by atoms with Crippen LogP contribution in [0.5, 0.6) is 0 Å². The number of hydrogen-bond acceptors (Lipinski definition) is 4. The monoisotopic (exact) mass is 415 g/mol. The van der Waals surface area contributed by atoms with Gasteiger partial charge in [0.25, 0.3) is 0 Å². The van der Waals surface area contributed by atoms with Crippen molar-refractivity contribution in [2.24, 2.45) is 10.9 Å². The van der Waals surface area contributed by atoms with E-state index in [9.17, 15) is 0 Å². The summed E-state index contributed by atoms with van der Waals surface area (Å²) < 4.78 is 5.47. The summed E-state index contributed by atoms with van der Waals surface area (Å²) in [5.41, 5.74) is 2.74. The predicted molar refractivity (Wildman–Crippen MR) is 125 cm³/mol. The van der Waals surface area contributed by atoms with Crippen LogP contribution >= 0.6 is 0 Å². The summed E-state index contributed by atoms with van der Waals surface area (Å²) in [6.45, 7) is 16.4. The molecule has 6 heteroatoms. The zero-order valence-corrected chi connectivity index (χ0v) is 19.2. The van der Waals surface area contributed by atoms with Gasteiger partial charge in [0.05, 0.1) is 19.8 Å². The number of hydrogen-bond donors (Lipinski definition) is 2. The molecular formula is C24H41N5O. The molecule has 0 aromatic heterocycles. The first-order chi connectivity index (χ1) is 14.7. The molecule has 2 N–H and O–H groups in total. The molecule has 2 aliphatic heterocycles. The average Bonchev–Trinajstić information content (AvgIpc) is 2.77. The van der Waals surface area contributed by atoms with Crippen LogP contribution in [-0.4, -0.2) is 74.3 Å². The van der Waals surface area contributed by atoms with E-state index in [1.165, 1.54) is 37.1 Å². The van der Waals surface area contributed by atoms with Crippen LogP contribution in [0.1, 0.15) is 44.7 Å².